The van der Waals surface area contributed by atoms with Crippen LogP contribution in [-0.2, 0) is 9.59 Å². The number of rotatable bonds is 6. The molecule has 21 heavy (non-hydrogen) atoms. The third-order valence-corrected chi connectivity index (χ3v) is 3.01. The summed E-state index contributed by atoms with van der Waals surface area (Å²) in [5.41, 5.74) is 0.921. The van der Waals surface area contributed by atoms with Crippen molar-refractivity contribution in [2.45, 2.75) is 6.92 Å². The van der Waals surface area contributed by atoms with Crippen molar-refractivity contribution in [1.29, 1.82) is 5.26 Å². The molecule has 1 aromatic carbocycles. The summed E-state index contributed by atoms with van der Waals surface area (Å²) in [6.07, 6.45) is 0. The van der Waals surface area contributed by atoms with Gasteiger partial charge >= 0.3 is 0 Å². The van der Waals surface area contributed by atoms with Gasteiger partial charge in [0.1, 0.15) is 6.07 Å². The molecule has 1 rings (SSSR count). The van der Waals surface area contributed by atoms with Crippen LogP contribution in [0.5, 0.6) is 0 Å². The van der Waals surface area contributed by atoms with E-state index in [1.165, 1.54) is 0 Å². The highest BCUT2D eigenvalue weighted by atomic mass is 16.2. The third-order valence-electron chi connectivity index (χ3n) is 3.01. The van der Waals surface area contributed by atoms with E-state index in [2.05, 4.69) is 10.6 Å². The predicted molar refractivity (Wildman–Crippen MR) is 80.5 cm³/mol. The molecule has 0 saturated carbocycles. The molecule has 2 amide bonds. The fraction of sp³-hybridized carbons (Fsp3) is 0.400. The number of likely N-dealkylation sites (N-methyl/N-ethyl adjacent to an activating group) is 1. The van der Waals surface area contributed by atoms with Crippen molar-refractivity contribution < 1.29 is 9.59 Å². The Bertz CT molecular complexity index is 551. The molecule has 0 aromatic heterocycles. The van der Waals surface area contributed by atoms with Crippen LogP contribution in [0.15, 0.2) is 24.3 Å². The Morgan fingerprint density at radius 3 is 2.67 bits per heavy atom. The Kier molecular flexibility index (Phi) is 6.37. The lowest BCUT2D eigenvalue weighted by Gasteiger charge is -2.20. The Morgan fingerprint density at radius 1 is 1.38 bits per heavy atom. The minimum absolute atomic E-state index is 0.0583. The van der Waals surface area contributed by atoms with Crippen LogP contribution in [0.4, 0.5) is 5.69 Å². The molecule has 0 saturated heterocycles. The Hall–Kier alpha value is -2.39. The number of hydrogen-bond acceptors (Lipinski definition) is 4. The van der Waals surface area contributed by atoms with E-state index in [9.17, 15) is 9.59 Å². The van der Waals surface area contributed by atoms with Crippen LogP contribution in [0.1, 0.15) is 12.5 Å². The topological polar surface area (TPSA) is 85.2 Å². The average molecular weight is 288 g/mol. The molecule has 0 bridgehead atoms. The summed E-state index contributed by atoms with van der Waals surface area (Å²) in [5.74, 6) is -0.472. The van der Waals surface area contributed by atoms with Gasteiger partial charge in [-0.1, -0.05) is 19.1 Å². The van der Waals surface area contributed by atoms with Gasteiger partial charge < -0.3 is 10.6 Å². The van der Waals surface area contributed by atoms with Gasteiger partial charge in [-0.2, -0.15) is 5.26 Å². The van der Waals surface area contributed by atoms with Crippen molar-refractivity contribution in [2.24, 2.45) is 5.92 Å². The Morgan fingerprint density at radius 2 is 2.05 bits per heavy atom. The molecule has 0 aliphatic heterocycles. The minimum Gasteiger partial charge on any atom is -0.359 e. The summed E-state index contributed by atoms with van der Waals surface area (Å²) in [5, 5.41) is 14.2. The monoisotopic (exact) mass is 288 g/mol. The zero-order chi connectivity index (χ0) is 15.8. The van der Waals surface area contributed by atoms with Crippen LogP contribution in [0.3, 0.4) is 0 Å². The van der Waals surface area contributed by atoms with Gasteiger partial charge in [0.2, 0.25) is 11.8 Å². The predicted octanol–water partition coefficient (Wildman–Crippen LogP) is 0.811. The lowest BCUT2D eigenvalue weighted by molar-refractivity contribution is -0.125. The van der Waals surface area contributed by atoms with Crippen LogP contribution in [0, 0.1) is 17.2 Å². The van der Waals surface area contributed by atoms with Crippen LogP contribution >= 0.6 is 0 Å². The number of carbonyl (C=O) groups excluding carboxylic acids is 2. The van der Waals surface area contributed by atoms with Crippen molar-refractivity contribution in [1.82, 2.24) is 10.2 Å². The van der Waals surface area contributed by atoms with Gasteiger partial charge in [-0.15, -0.1) is 0 Å². The van der Waals surface area contributed by atoms with Crippen molar-refractivity contribution in [3.8, 4) is 6.07 Å². The number of carbonyl (C=O) groups is 2. The quantitative estimate of drug-likeness (QED) is 0.811. The van der Waals surface area contributed by atoms with Crippen LogP contribution in [-0.4, -0.2) is 43.9 Å². The van der Waals surface area contributed by atoms with Crippen molar-refractivity contribution in [2.75, 3.05) is 32.5 Å². The summed E-state index contributed by atoms with van der Waals surface area (Å²) in [6.45, 7) is 2.44. The molecule has 0 radical (unpaired) electrons. The molecule has 6 heteroatoms. The van der Waals surface area contributed by atoms with E-state index >= 15 is 0 Å². The van der Waals surface area contributed by atoms with E-state index in [-0.39, 0.29) is 24.3 Å². The first kappa shape index (κ1) is 16.7. The minimum atomic E-state index is -0.218. The highest BCUT2D eigenvalue weighted by molar-refractivity contribution is 5.93. The number of benzene rings is 1. The highest BCUT2D eigenvalue weighted by Gasteiger charge is 2.15. The van der Waals surface area contributed by atoms with Crippen molar-refractivity contribution in [3.63, 3.8) is 0 Å². The fourth-order valence-corrected chi connectivity index (χ4v) is 1.99. The normalized spacial score (nSPS) is 11.6. The molecular formula is C15H20N4O2. The Balaban J connectivity index is 2.54. The summed E-state index contributed by atoms with van der Waals surface area (Å²) < 4.78 is 0. The first-order valence-electron chi connectivity index (χ1n) is 6.67. The second-order valence-electron chi connectivity index (χ2n) is 4.92. The van der Waals surface area contributed by atoms with Crippen LogP contribution in [0.2, 0.25) is 0 Å². The van der Waals surface area contributed by atoms with E-state index in [0.717, 1.165) is 0 Å². The molecule has 0 aliphatic rings. The maximum absolute atomic E-state index is 11.9. The number of para-hydroxylation sites is 1. The summed E-state index contributed by atoms with van der Waals surface area (Å²) in [6, 6.07) is 8.86. The van der Waals surface area contributed by atoms with Gasteiger partial charge in [-0.3, -0.25) is 14.5 Å². The summed E-state index contributed by atoms with van der Waals surface area (Å²) >= 11 is 0. The van der Waals surface area contributed by atoms with Crippen molar-refractivity contribution in [3.05, 3.63) is 29.8 Å². The molecule has 0 fully saturated rings. The van der Waals surface area contributed by atoms with E-state index < -0.39 is 0 Å². The number of anilines is 1. The molecule has 112 valence electrons. The van der Waals surface area contributed by atoms with Crippen LogP contribution < -0.4 is 10.6 Å². The first-order chi connectivity index (χ1) is 9.97. The standard InChI is InChI=1S/C15H20N4O2/c1-11(15(21)17-2)9-19(3)10-14(20)18-13-7-5-4-6-12(13)8-16/h4-7,11H,9-10H2,1-3H3,(H,17,21)(H,18,20). The van der Waals surface area contributed by atoms with Crippen molar-refractivity contribution >= 4 is 17.5 Å². The highest BCUT2D eigenvalue weighted by Crippen LogP contribution is 2.13. The average Bonchev–Trinajstić information content (AvgIpc) is 2.46. The van der Waals surface area contributed by atoms with Gasteiger partial charge in [0.25, 0.3) is 0 Å². The number of nitriles is 1. The number of nitrogens with zero attached hydrogens (tertiary/aromatic N) is 2. The second kappa shape index (κ2) is 8.02. The molecular weight excluding hydrogens is 268 g/mol. The lowest BCUT2D eigenvalue weighted by atomic mass is 10.1. The third kappa shape index (κ3) is 5.24. The zero-order valence-electron chi connectivity index (χ0n) is 12.5. The molecule has 2 N–H and O–H groups in total. The zero-order valence-corrected chi connectivity index (χ0v) is 12.5. The van der Waals surface area contributed by atoms with Gasteiger partial charge in [0.15, 0.2) is 0 Å². The van der Waals surface area contributed by atoms with E-state index in [4.69, 9.17) is 5.26 Å². The maximum atomic E-state index is 11.9. The molecule has 0 heterocycles. The fourth-order valence-electron chi connectivity index (χ4n) is 1.99. The number of amides is 2. The molecule has 1 aromatic rings. The van der Waals surface area contributed by atoms with Gasteiger partial charge in [0, 0.05) is 19.5 Å². The van der Waals surface area contributed by atoms with Gasteiger partial charge in [-0.05, 0) is 19.2 Å². The SMILES string of the molecule is CNC(=O)C(C)CN(C)CC(=O)Nc1ccccc1C#N. The number of hydrogen-bond donors (Lipinski definition) is 2. The van der Waals surface area contributed by atoms with Crippen LogP contribution in [0.25, 0.3) is 0 Å². The van der Waals surface area contributed by atoms with Gasteiger partial charge in [-0.25, -0.2) is 0 Å². The first-order valence-corrected chi connectivity index (χ1v) is 6.67. The molecule has 0 aliphatic carbocycles. The summed E-state index contributed by atoms with van der Waals surface area (Å²) in [4.78, 5) is 25.2. The smallest absolute Gasteiger partial charge is 0.238 e. The largest absolute Gasteiger partial charge is 0.359 e. The molecule has 1 atom stereocenters. The number of nitrogens with one attached hydrogen (secondary N) is 2. The maximum Gasteiger partial charge on any atom is 0.238 e. The van der Waals surface area contributed by atoms with E-state index in [1.807, 2.05) is 6.07 Å². The molecule has 0 spiro atoms. The van der Waals surface area contributed by atoms with E-state index in [1.54, 1.807) is 50.2 Å². The molecule has 1 unspecified atom stereocenters. The molecule has 6 nitrogen and oxygen atoms in total. The Labute approximate surface area is 124 Å². The van der Waals surface area contributed by atoms with E-state index in [0.29, 0.717) is 17.8 Å². The summed E-state index contributed by atoms with van der Waals surface area (Å²) in [7, 11) is 3.36. The second-order valence-corrected chi connectivity index (χ2v) is 4.92. The lowest BCUT2D eigenvalue weighted by Crippen LogP contribution is -2.38. The van der Waals surface area contributed by atoms with Gasteiger partial charge in [0.05, 0.1) is 17.8 Å².